The molecule has 0 saturated heterocycles. The number of phenols is 1. The maximum absolute atomic E-state index is 14.2. The zero-order valence-corrected chi connectivity index (χ0v) is 24.7. The minimum absolute atomic E-state index is 0.00733. The van der Waals surface area contributed by atoms with E-state index in [-0.39, 0.29) is 23.8 Å². The number of carbonyl (C=O) groups excluding carboxylic acids is 3. The molecule has 218 valence electrons. The van der Waals surface area contributed by atoms with Gasteiger partial charge in [-0.3, -0.25) is 9.59 Å². The predicted octanol–water partition coefficient (Wildman–Crippen LogP) is 6.49. The molecule has 0 bridgehead atoms. The molecule has 0 saturated carbocycles. The van der Waals surface area contributed by atoms with Crippen molar-refractivity contribution < 1.29 is 24.2 Å². The summed E-state index contributed by atoms with van der Waals surface area (Å²) in [7, 11) is 0. The van der Waals surface area contributed by atoms with Crippen LogP contribution in [0.4, 0.5) is 10.5 Å². The fourth-order valence-corrected chi connectivity index (χ4v) is 4.64. The Labute approximate surface area is 242 Å². The van der Waals surface area contributed by atoms with E-state index in [0.29, 0.717) is 17.7 Å². The smallest absolute Gasteiger partial charge is 0.408 e. The van der Waals surface area contributed by atoms with Crippen LogP contribution in [0.2, 0.25) is 0 Å². The fraction of sp³-hybridized carbons (Fsp3) is 0.364. The summed E-state index contributed by atoms with van der Waals surface area (Å²) in [5.74, 6) is -1.06. The zero-order chi connectivity index (χ0) is 30.3. The van der Waals surface area contributed by atoms with Crippen LogP contribution in [0, 0.1) is 12.8 Å². The molecule has 8 heteroatoms. The fourth-order valence-electron chi connectivity index (χ4n) is 4.64. The number of rotatable bonds is 10. The molecule has 3 aromatic rings. The number of hydrogen-bond acceptors (Lipinski definition) is 5. The molecule has 0 aliphatic heterocycles. The molecule has 2 atom stereocenters. The molecule has 3 aromatic carbocycles. The Morgan fingerprint density at radius 3 is 2.34 bits per heavy atom. The number of para-hydroxylation sites is 1. The largest absolute Gasteiger partial charge is 0.507 e. The summed E-state index contributed by atoms with van der Waals surface area (Å²) in [5, 5.41) is 18.6. The highest BCUT2D eigenvalue weighted by molar-refractivity contribution is 6.00. The van der Waals surface area contributed by atoms with Crippen LogP contribution >= 0.6 is 0 Å². The van der Waals surface area contributed by atoms with Gasteiger partial charge in [-0.1, -0.05) is 68.5 Å². The van der Waals surface area contributed by atoms with Gasteiger partial charge in [-0.2, -0.15) is 0 Å². The Kier molecular flexibility index (Phi) is 10.2. The van der Waals surface area contributed by atoms with E-state index in [1.54, 1.807) is 52.0 Å². The van der Waals surface area contributed by atoms with Gasteiger partial charge in [0.2, 0.25) is 5.91 Å². The van der Waals surface area contributed by atoms with Gasteiger partial charge in [0.25, 0.3) is 5.91 Å². The van der Waals surface area contributed by atoms with E-state index in [1.165, 1.54) is 11.0 Å². The average molecular weight is 560 g/mol. The van der Waals surface area contributed by atoms with E-state index in [1.807, 2.05) is 50.2 Å². The Hall–Kier alpha value is -4.33. The van der Waals surface area contributed by atoms with Crippen molar-refractivity contribution in [2.75, 3.05) is 11.9 Å². The van der Waals surface area contributed by atoms with Gasteiger partial charge < -0.3 is 25.4 Å². The molecular formula is C33H41N3O5. The number of phenolic OH excluding ortho intramolecular Hbond substituents is 1. The summed E-state index contributed by atoms with van der Waals surface area (Å²) in [4.78, 5) is 42.2. The first-order valence-electron chi connectivity index (χ1n) is 13.8. The maximum atomic E-state index is 14.2. The van der Waals surface area contributed by atoms with Crippen LogP contribution in [0.3, 0.4) is 0 Å². The molecule has 0 fully saturated rings. The van der Waals surface area contributed by atoms with Gasteiger partial charge in [-0.05, 0) is 68.5 Å². The van der Waals surface area contributed by atoms with E-state index in [9.17, 15) is 19.5 Å². The Morgan fingerprint density at radius 1 is 1.02 bits per heavy atom. The van der Waals surface area contributed by atoms with Crippen LogP contribution in [0.5, 0.6) is 5.75 Å². The summed E-state index contributed by atoms with van der Waals surface area (Å²) in [6.45, 7) is 14.6. The minimum atomic E-state index is -1.22. The maximum Gasteiger partial charge on any atom is 0.408 e. The van der Waals surface area contributed by atoms with Crippen molar-refractivity contribution in [3.8, 4) is 5.75 Å². The number of benzene rings is 3. The number of nitrogens with one attached hydrogen (secondary N) is 2. The molecule has 3 N–H and O–H groups in total. The van der Waals surface area contributed by atoms with Gasteiger partial charge in [0.1, 0.15) is 23.4 Å². The first kappa shape index (κ1) is 31.2. The molecule has 8 nitrogen and oxygen atoms in total. The normalized spacial score (nSPS) is 12.9. The summed E-state index contributed by atoms with van der Waals surface area (Å²) in [6.07, 6.45) is 1.09. The number of nitrogens with zero attached hydrogens (tertiary/aromatic N) is 1. The second-order valence-electron chi connectivity index (χ2n) is 11.6. The van der Waals surface area contributed by atoms with Crippen LogP contribution in [0.25, 0.3) is 10.8 Å². The van der Waals surface area contributed by atoms with Gasteiger partial charge in [-0.15, -0.1) is 6.58 Å². The summed E-state index contributed by atoms with van der Waals surface area (Å²) >= 11 is 0. The molecule has 3 amide bonds. The average Bonchev–Trinajstić information content (AvgIpc) is 2.88. The lowest BCUT2D eigenvalue weighted by molar-refractivity contribution is -0.140. The second-order valence-corrected chi connectivity index (χ2v) is 11.6. The van der Waals surface area contributed by atoms with Crippen molar-refractivity contribution in [3.05, 3.63) is 84.4 Å². The molecule has 2 unspecified atom stereocenters. The second kappa shape index (κ2) is 13.4. The van der Waals surface area contributed by atoms with Crippen LogP contribution < -0.4 is 10.6 Å². The van der Waals surface area contributed by atoms with Crippen molar-refractivity contribution in [2.45, 2.75) is 65.6 Å². The Balaban J connectivity index is 2.05. The number of carbonyl (C=O) groups is 3. The SMILES string of the molecule is C=CCN(C(=O)C(CC(C)C)NC(=O)OC(C)(C)C)C(C(=O)Nc1ccc2ccccc2c1)c1cccc(C)c1O. The first-order chi connectivity index (χ1) is 19.3. The lowest BCUT2D eigenvalue weighted by atomic mass is 9.97. The van der Waals surface area contributed by atoms with Gasteiger partial charge in [0.15, 0.2) is 0 Å². The van der Waals surface area contributed by atoms with Crippen LogP contribution in [0.1, 0.15) is 58.2 Å². The zero-order valence-electron chi connectivity index (χ0n) is 24.7. The lowest BCUT2D eigenvalue weighted by Crippen LogP contribution is -2.52. The summed E-state index contributed by atoms with van der Waals surface area (Å²) in [5.41, 5.74) is 0.607. The Bertz CT molecular complexity index is 1410. The predicted molar refractivity (Wildman–Crippen MR) is 163 cm³/mol. The van der Waals surface area contributed by atoms with Crippen molar-refractivity contribution >= 4 is 34.4 Å². The molecule has 0 heterocycles. The van der Waals surface area contributed by atoms with Gasteiger partial charge in [-0.25, -0.2) is 4.79 Å². The van der Waals surface area contributed by atoms with Crippen molar-refractivity contribution in [2.24, 2.45) is 5.92 Å². The molecule has 41 heavy (non-hydrogen) atoms. The van der Waals surface area contributed by atoms with Crippen molar-refractivity contribution in [1.82, 2.24) is 10.2 Å². The summed E-state index contributed by atoms with van der Waals surface area (Å²) < 4.78 is 5.42. The highest BCUT2D eigenvalue weighted by Crippen LogP contribution is 2.33. The lowest BCUT2D eigenvalue weighted by Gasteiger charge is -2.34. The molecular weight excluding hydrogens is 518 g/mol. The third kappa shape index (κ3) is 8.33. The van der Waals surface area contributed by atoms with E-state index < -0.39 is 35.6 Å². The van der Waals surface area contributed by atoms with Gasteiger partial charge >= 0.3 is 6.09 Å². The third-order valence-electron chi connectivity index (χ3n) is 6.45. The number of amides is 3. The highest BCUT2D eigenvalue weighted by Gasteiger charge is 2.37. The number of alkyl carbamates (subject to hydrolysis) is 1. The van der Waals surface area contributed by atoms with E-state index in [4.69, 9.17) is 4.74 Å². The monoisotopic (exact) mass is 559 g/mol. The number of anilines is 1. The summed E-state index contributed by atoms with van der Waals surface area (Å²) in [6, 6.07) is 16.2. The minimum Gasteiger partial charge on any atom is -0.507 e. The Morgan fingerprint density at radius 2 is 1.71 bits per heavy atom. The third-order valence-corrected chi connectivity index (χ3v) is 6.45. The quantitative estimate of drug-likeness (QED) is 0.246. The van der Waals surface area contributed by atoms with Crippen molar-refractivity contribution in [3.63, 3.8) is 0 Å². The standard InChI is InChI=1S/C33H41N3O5/c1-8-18-36(31(39)27(19-21(2)3)35-32(40)41-33(5,6)7)28(26-15-11-12-22(4)29(26)37)30(38)34-25-17-16-23-13-9-10-14-24(23)20-25/h8-17,20-21,27-28,37H,1,18-19H2,2-7H3,(H,34,38)(H,35,40). The number of aryl methyl sites for hydroxylation is 1. The molecule has 0 aromatic heterocycles. The molecule has 0 aliphatic rings. The van der Waals surface area contributed by atoms with E-state index in [0.717, 1.165) is 10.8 Å². The number of fused-ring (bicyclic) bond motifs is 1. The molecule has 0 aliphatic carbocycles. The van der Waals surface area contributed by atoms with Crippen LogP contribution in [-0.2, 0) is 14.3 Å². The van der Waals surface area contributed by atoms with Crippen molar-refractivity contribution in [1.29, 1.82) is 0 Å². The van der Waals surface area contributed by atoms with Gasteiger partial charge in [0, 0.05) is 17.8 Å². The number of hydrogen-bond donors (Lipinski definition) is 3. The van der Waals surface area contributed by atoms with E-state index >= 15 is 0 Å². The highest BCUT2D eigenvalue weighted by atomic mass is 16.6. The molecule has 3 rings (SSSR count). The van der Waals surface area contributed by atoms with Crippen LogP contribution in [0.15, 0.2) is 73.3 Å². The first-order valence-corrected chi connectivity index (χ1v) is 13.8. The topological polar surface area (TPSA) is 108 Å². The molecule has 0 radical (unpaired) electrons. The molecule has 0 spiro atoms. The van der Waals surface area contributed by atoms with Gasteiger partial charge in [0.05, 0.1) is 0 Å². The van der Waals surface area contributed by atoms with Crippen LogP contribution in [-0.4, -0.2) is 46.1 Å². The van der Waals surface area contributed by atoms with E-state index in [2.05, 4.69) is 17.2 Å². The number of ether oxygens (including phenoxy) is 1. The number of aromatic hydroxyl groups is 1.